The van der Waals surface area contributed by atoms with E-state index in [-0.39, 0.29) is 85.7 Å². The van der Waals surface area contributed by atoms with Gasteiger partial charge in [0.25, 0.3) is 0 Å². The summed E-state index contributed by atoms with van der Waals surface area (Å²) in [6.45, 7) is 103. The lowest BCUT2D eigenvalue weighted by Crippen LogP contribution is -2.38. The number of nitrogens with two attached hydrogens (primary N) is 4. The van der Waals surface area contributed by atoms with Crippen molar-refractivity contribution in [3.63, 3.8) is 0 Å². The molecule has 8 heterocycles. The summed E-state index contributed by atoms with van der Waals surface area (Å²) < 4.78 is 0. The lowest BCUT2D eigenvalue weighted by Gasteiger charge is -2.18. The van der Waals surface area contributed by atoms with Gasteiger partial charge in [-0.2, -0.15) is 20.8 Å². The number of nitrogens with one attached hydrogen (secondary N) is 9. The smallest absolute Gasteiger partial charge is 0.247 e. The van der Waals surface area contributed by atoms with Gasteiger partial charge >= 0.3 is 0 Å². The predicted octanol–water partition coefficient (Wildman–Crippen LogP) is 23.1. The molecule has 0 radical (unpaired) electrons. The van der Waals surface area contributed by atoms with Gasteiger partial charge in [0.15, 0.2) is 17.5 Å². The fourth-order valence-electron chi connectivity index (χ4n) is 7.56. The number of rotatable bonds is 24. The van der Waals surface area contributed by atoms with E-state index in [1.165, 1.54) is 23.5 Å². The molecule has 144 heavy (non-hydrogen) atoms. The van der Waals surface area contributed by atoms with Crippen LogP contribution in [0.3, 0.4) is 0 Å². The molecular formula is C107H219N29O8. The highest BCUT2D eigenvalue weighted by Crippen LogP contribution is 2.18. The Labute approximate surface area is 874 Å². The van der Waals surface area contributed by atoms with Gasteiger partial charge in [-0.3, -0.25) is 39.3 Å². The summed E-state index contributed by atoms with van der Waals surface area (Å²) in [7, 11) is 0. The third-order valence-corrected chi connectivity index (χ3v) is 16.5. The number of aromatic amines is 7. The minimum atomic E-state index is -0.356. The molecule has 37 nitrogen and oxygen atoms in total. The molecule has 840 valence electrons. The van der Waals surface area contributed by atoms with Gasteiger partial charge in [-0.15, -0.1) is 35.7 Å². The Morgan fingerprint density at radius 1 is 0.424 bits per heavy atom. The third-order valence-electron chi connectivity index (χ3n) is 16.5. The lowest BCUT2D eigenvalue weighted by atomic mass is 9.98. The fraction of sp³-hybridized carbons (Fsp3) is 0.748. The Kier molecular flexibility index (Phi) is 107. The number of H-pyrrole nitrogens is 7. The van der Waals surface area contributed by atoms with Crippen LogP contribution in [0.5, 0.6) is 0 Å². The highest BCUT2D eigenvalue weighted by Gasteiger charge is 2.14. The number of aromatic nitrogens is 18. The number of aliphatic imine (C=N–C) groups is 2. The van der Waals surface area contributed by atoms with Gasteiger partial charge in [0.2, 0.25) is 28.8 Å². The van der Waals surface area contributed by atoms with Crippen molar-refractivity contribution >= 4 is 35.1 Å². The fourth-order valence-corrected chi connectivity index (χ4v) is 7.56. The number of nitrogens with zero attached hydrogens (tertiary/aromatic N) is 16. The zero-order chi connectivity index (χ0) is 113. The molecule has 0 aromatic carbocycles. The number of pyridine rings is 2. The Morgan fingerprint density at radius 3 is 0.840 bits per heavy atom. The Balaban J connectivity index is -0.000000129. The van der Waals surface area contributed by atoms with Gasteiger partial charge in [0.1, 0.15) is 24.4 Å². The van der Waals surface area contributed by atoms with Crippen molar-refractivity contribution in [3.05, 3.63) is 134 Å². The standard InChI is InChI=1S/2C9H16N2.C8H18O.C8H16O.2C7H16N2.C7H17NO.C7H15NO.C5H9N3.2C5H5NO.3C4H8N4.2C4H9NO.2C4H10.2CH4/c2*1-6(2)8-5-10-9(11-8)7(3)4;2*1-6(2)5-8(9)7(3)4;2*1-5(2)7(8)9-6(3)4;2*1-5(2)7(9)8-6(3)4;1-4(2)5-3-6-8-7-5;2*7-5-3-1-2-4-6-5;3*1-3(2)4-5-7-8-6-4;2*1-3(2)4(5)6;2*1-4(2)3;;/h2*5-7H,1-4H3,(H,10,11);6-9H,5H2,1-4H3;5-7,9H,1-4H3;2*5-6H,1-4H3,(H2,8,9);5-9H,1-4H3;5-6H,1-4H3,(H,8,9);4H,3H2,1-2H3;2*1-4H,(H,6,7);3*3H,1-2H3,(H,5,6,7,8);2*3H,1-2H3,(H2,5,6);2*4H,1-3H3;2*1H4/b;;;8-5-;;;;;;;;;;;;;;;;. The number of aliphatic hydroxyl groups excluding tert-OH is 3. The molecule has 1 aliphatic heterocycles. The SMILES string of the molecule is C.C.CC(C)/C=C(\O)C(C)C.CC(C)C.CC(C)C.CC(C)C(N)=O.CC(C)C(N)=O.CC(C)C1=NN=NC1.CC(C)CC(O)C(C)C.CC(C)N=C(N)C(C)C.CC(C)N=C(N)C(C)C.CC(C)NC(=O)C(C)C.CC(C)NC(O)C(C)C.CC(C)c1cnc(C(C)C)[nH]1.CC(C)c1cnc(C(C)C)[nH]1.CC(C)c1nn[nH]n1.CC(C)c1nn[nH]n1.CC(C)c1nn[nH]n1.O=c1cccc[nH]1.O=c1cccc[nH]1. The number of primary amides is 2. The maximum Gasteiger partial charge on any atom is 0.247 e. The molecule has 0 spiro atoms. The van der Waals surface area contributed by atoms with Crippen LogP contribution in [-0.2, 0) is 14.4 Å². The van der Waals surface area contributed by atoms with Gasteiger partial charge in [0.05, 0.1) is 29.2 Å². The van der Waals surface area contributed by atoms with Gasteiger partial charge in [-0.05, 0) is 139 Å². The molecule has 8 rings (SSSR count). The summed E-state index contributed by atoms with van der Waals surface area (Å²) in [5.41, 5.74) is 24.2. The molecule has 0 saturated carbocycles. The number of carbonyl (C=O) groups excluding carboxylic acids is 3. The van der Waals surface area contributed by atoms with Crippen LogP contribution in [0.2, 0.25) is 0 Å². The molecule has 37 heteroatoms. The summed E-state index contributed by atoms with van der Waals surface area (Å²) in [5.74, 6) is 14.4. The Morgan fingerprint density at radius 2 is 0.743 bits per heavy atom. The number of carbonyl (C=O) groups is 3. The van der Waals surface area contributed by atoms with Crippen LogP contribution in [-0.4, -0.2) is 185 Å². The van der Waals surface area contributed by atoms with E-state index < -0.39 is 0 Å². The van der Waals surface area contributed by atoms with E-state index in [0.29, 0.717) is 113 Å². The monoisotopic (exact) mass is 2040 g/mol. The second kappa shape index (κ2) is 97.3. The van der Waals surface area contributed by atoms with E-state index in [4.69, 9.17) is 28.0 Å². The second-order valence-electron chi connectivity index (χ2n) is 41.9. The molecule has 0 aliphatic carbocycles. The number of imidazole rings is 2. The molecule has 2 unspecified atom stereocenters. The van der Waals surface area contributed by atoms with Crippen molar-refractivity contribution in [1.82, 2.24) is 102 Å². The molecule has 1 aliphatic rings. The number of aliphatic hydroxyl groups is 3. The maximum atomic E-state index is 10.8. The van der Waals surface area contributed by atoms with Crippen LogP contribution in [0.4, 0.5) is 0 Å². The molecule has 20 N–H and O–H groups in total. The van der Waals surface area contributed by atoms with Crippen LogP contribution in [0.15, 0.2) is 108 Å². The van der Waals surface area contributed by atoms with E-state index in [2.05, 4.69) is 266 Å². The summed E-state index contributed by atoms with van der Waals surface area (Å²) in [6.07, 6.45) is 9.41. The molecule has 0 fully saturated rings. The van der Waals surface area contributed by atoms with E-state index in [1.54, 1.807) is 64.4 Å². The molecule has 0 saturated heterocycles. The molecule has 7 aromatic heterocycles. The summed E-state index contributed by atoms with van der Waals surface area (Å²) in [4.78, 5) is 79.6. The van der Waals surface area contributed by atoms with Crippen LogP contribution in [0, 0.1) is 76.9 Å². The number of allylic oxidation sites excluding steroid dienone is 2. The lowest BCUT2D eigenvalue weighted by molar-refractivity contribution is -0.124. The number of amidine groups is 2. The van der Waals surface area contributed by atoms with E-state index >= 15 is 0 Å². The van der Waals surface area contributed by atoms with Crippen LogP contribution >= 0.6 is 0 Å². The van der Waals surface area contributed by atoms with E-state index in [0.717, 1.165) is 64.8 Å². The minimum absolute atomic E-state index is 0. The molecule has 2 atom stereocenters. The van der Waals surface area contributed by atoms with Crippen molar-refractivity contribution < 1.29 is 29.7 Å². The molecule has 3 amide bonds. The van der Waals surface area contributed by atoms with Crippen molar-refractivity contribution in [2.75, 3.05) is 6.54 Å². The van der Waals surface area contributed by atoms with Crippen LogP contribution in [0.25, 0.3) is 0 Å². The third kappa shape index (κ3) is 115. The maximum absolute atomic E-state index is 10.8. The van der Waals surface area contributed by atoms with Gasteiger partial charge < -0.3 is 63.5 Å². The number of tetrazole rings is 3. The average Bonchev–Trinajstić information content (AvgIpc) is 1.75. The number of hydrogen-bond acceptors (Lipinski definition) is 25. The first-order valence-electron chi connectivity index (χ1n) is 50.8. The van der Waals surface area contributed by atoms with Crippen molar-refractivity contribution in [1.29, 1.82) is 0 Å². The van der Waals surface area contributed by atoms with Crippen molar-refractivity contribution in [2.24, 2.45) is 125 Å². The zero-order valence-electron chi connectivity index (χ0n) is 98.1. The average molecular weight is 2040 g/mol. The molecule has 7 aromatic rings. The number of amides is 3. The van der Waals surface area contributed by atoms with Crippen molar-refractivity contribution in [2.45, 2.75) is 445 Å². The minimum Gasteiger partial charge on any atom is -0.512 e. The highest BCUT2D eigenvalue weighted by atomic mass is 16.3. The van der Waals surface area contributed by atoms with Crippen molar-refractivity contribution in [3.8, 4) is 0 Å². The zero-order valence-corrected chi connectivity index (χ0v) is 98.1. The normalized spacial score (nSPS) is 11.6. The molecule has 0 bridgehead atoms. The number of hydrogen-bond donors (Lipinski definition) is 16. The quantitative estimate of drug-likeness (QED) is 0.0116. The van der Waals surface area contributed by atoms with E-state index in [1.807, 2.05) is 198 Å². The summed E-state index contributed by atoms with van der Waals surface area (Å²) in [6, 6.07) is 11.1. The first-order chi connectivity index (χ1) is 65.2. The van der Waals surface area contributed by atoms with Gasteiger partial charge in [-0.1, -0.05) is 333 Å². The van der Waals surface area contributed by atoms with Gasteiger partial charge in [0, 0.05) is 138 Å². The Bertz CT molecular complexity index is 3870. The topological polar surface area (TPSA) is 588 Å². The largest absolute Gasteiger partial charge is 0.512 e. The molecular weight excluding hydrogens is 1820 g/mol. The Hall–Kier alpha value is -10.4. The van der Waals surface area contributed by atoms with Crippen LogP contribution < -0.4 is 44.7 Å². The van der Waals surface area contributed by atoms with Crippen LogP contribution in [0.1, 0.15) is 449 Å². The first kappa shape index (κ1) is 159. The van der Waals surface area contributed by atoms with E-state index in [9.17, 15) is 34.2 Å². The predicted molar refractivity (Wildman–Crippen MR) is 608 cm³/mol. The first-order valence-corrected chi connectivity index (χ1v) is 50.8. The van der Waals surface area contributed by atoms with Gasteiger partial charge in [-0.25, -0.2) is 9.97 Å². The summed E-state index contributed by atoms with van der Waals surface area (Å²) >= 11 is 0. The summed E-state index contributed by atoms with van der Waals surface area (Å²) in [5, 5.41) is 84.4. The highest BCUT2D eigenvalue weighted by molar-refractivity contribution is 5.88. The second-order valence-corrected chi connectivity index (χ2v) is 41.9.